The summed E-state index contributed by atoms with van der Waals surface area (Å²) in [6.45, 7) is 0.736. The van der Waals surface area contributed by atoms with Gasteiger partial charge < -0.3 is 15.1 Å². The van der Waals surface area contributed by atoms with Crippen molar-refractivity contribution in [3.05, 3.63) is 29.8 Å². The Balaban J connectivity index is 1.84. The highest BCUT2D eigenvalue weighted by molar-refractivity contribution is 5.83. The molecule has 1 unspecified atom stereocenters. The third kappa shape index (κ3) is 2.17. The van der Waals surface area contributed by atoms with Crippen molar-refractivity contribution in [1.29, 1.82) is 0 Å². The van der Waals surface area contributed by atoms with Crippen LogP contribution in [0.1, 0.15) is 37.7 Å². The van der Waals surface area contributed by atoms with Crippen molar-refractivity contribution in [3.63, 3.8) is 0 Å². The first kappa shape index (κ1) is 13.9. The van der Waals surface area contributed by atoms with Gasteiger partial charge in [-0.05, 0) is 43.4 Å². The van der Waals surface area contributed by atoms with E-state index in [-0.39, 0.29) is 0 Å². The van der Waals surface area contributed by atoms with E-state index in [1.807, 2.05) is 29.2 Å². The average Bonchev–Trinajstić information content (AvgIpc) is 2.87. The molecule has 0 bridgehead atoms. The van der Waals surface area contributed by atoms with Crippen LogP contribution >= 0.6 is 0 Å². The Labute approximate surface area is 123 Å². The summed E-state index contributed by atoms with van der Waals surface area (Å²) in [6, 6.07) is 6.95. The number of hydrogen-bond acceptors (Lipinski definition) is 3. The number of aliphatic carboxylic acids is 2. The third-order valence-corrected chi connectivity index (χ3v) is 4.91. The van der Waals surface area contributed by atoms with Crippen LogP contribution in [-0.2, 0) is 15.0 Å². The molecule has 21 heavy (non-hydrogen) atoms. The number of hydrogen-bond donors (Lipinski definition) is 2. The maximum Gasteiger partial charge on any atom is 0.326 e. The summed E-state index contributed by atoms with van der Waals surface area (Å²) in [5.41, 5.74) is 0.968. The van der Waals surface area contributed by atoms with Crippen LogP contribution in [0.4, 0.5) is 5.69 Å². The molecule has 1 saturated carbocycles. The lowest BCUT2D eigenvalue weighted by atomic mass is 9.64. The van der Waals surface area contributed by atoms with E-state index in [2.05, 4.69) is 0 Å². The van der Waals surface area contributed by atoms with E-state index >= 15 is 0 Å². The van der Waals surface area contributed by atoms with Gasteiger partial charge in [-0.15, -0.1) is 0 Å². The number of carbonyl (C=O) groups is 2. The molecule has 5 heteroatoms. The molecule has 2 fully saturated rings. The molecule has 112 valence electrons. The molecule has 0 amide bonds. The maximum absolute atomic E-state index is 11.5. The minimum Gasteiger partial charge on any atom is -0.481 e. The second-order valence-corrected chi connectivity index (χ2v) is 5.98. The summed E-state index contributed by atoms with van der Waals surface area (Å²) in [4.78, 5) is 24.6. The molecule has 3 rings (SSSR count). The average molecular weight is 289 g/mol. The summed E-state index contributed by atoms with van der Waals surface area (Å²) in [6.07, 6.45) is 3.85. The van der Waals surface area contributed by atoms with Crippen molar-refractivity contribution < 1.29 is 19.8 Å². The molecule has 5 nitrogen and oxygen atoms in total. The Hall–Kier alpha value is -2.04. The molecule has 0 spiro atoms. The molecular weight excluding hydrogens is 270 g/mol. The summed E-state index contributed by atoms with van der Waals surface area (Å²) in [5.74, 6) is -1.55. The van der Waals surface area contributed by atoms with Gasteiger partial charge in [0.25, 0.3) is 0 Å². The monoisotopic (exact) mass is 289 g/mol. The van der Waals surface area contributed by atoms with Gasteiger partial charge in [0, 0.05) is 12.2 Å². The van der Waals surface area contributed by atoms with E-state index in [0.29, 0.717) is 19.3 Å². The first-order chi connectivity index (χ1) is 10.0. The molecule has 2 aliphatic rings. The molecule has 1 heterocycles. The van der Waals surface area contributed by atoms with Crippen LogP contribution < -0.4 is 4.90 Å². The highest BCUT2D eigenvalue weighted by Crippen LogP contribution is 2.44. The highest BCUT2D eigenvalue weighted by atomic mass is 16.4. The molecule has 1 saturated heterocycles. The van der Waals surface area contributed by atoms with E-state index in [4.69, 9.17) is 0 Å². The second-order valence-electron chi connectivity index (χ2n) is 5.98. The van der Waals surface area contributed by atoms with Crippen LogP contribution in [0.3, 0.4) is 0 Å². The van der Waals surface area contributed by atoms with Crippen LogP contribution in [0.5, 0.6) is 0 Å². The minimum atomic E-state index is -0.794. The maximum atomic E-state index is 11.5. The minimum absolute atomic E-state index is 0.465. The number of rotatable bonds is 4. The van der Waals surface area contributed by atoms with Crippen LogP contribution in [0.25, 0.3) is 0 Å². The number of benzene rings is 1. The molecule has 1 atom stereocenters. The Bertz CT molecular complexity index is 562. The van der Waals surface area contributed by atoms with E-state index in [1.54, 1.807) is 0 Å². The fourth-order valence-electron chi connectivity index (χ4n) is 3.46. The van der Waals surface area contributed by atoms with Gasteiger partial charge in [-0.2, -0.15) is 0 Å². The SMILES string of the molecule is O=C(O)C1CCCN1c1ccc(C2(C(=O)O)CCC2)cc1. The topological polar surface area (TPSA) is 77.8 Å². The number of anilines is 1. The Morgan fingerprint density at radius 2 is 1.76 bits per heavy atom. The fraction of sp³-hybridized carbons (Fsp3) is 0.500. The van der Waals surface area contributed by atoms with Gasteiger partial charge in [-0.1, -0.05) is 18.6 Å². The van der Waals surface area contributed by atoms with Crippen LogP contribution in [0.2, 0.25) is 0 Å². The lowest BCUT2D eigenvalue weighted by Crippen LogP contribution is -2.42. The van der Waals surface area contributed by atoms with Crippen molar-refractivity contribution in [2.24, 2.45) is 0 Å². The van der Waals surface area contributed by atoms with E-state index in [0.717, 1.165) is 30.6 Å². The molecule has 1 aliphatic heterocycles. The zero-order valence-corrected chi connectivity index (χ0v) is 11.8. The van der Waals surface area contributed by atoms with E-state index in [1.165, 1.54) is 0 Å². The predicted molar refractivity (Wildman–Crippen MR) is 77.6 cm³/mol. The highest BCUT2D eigenvalue weighted by Gasteiger charge is 2.45. The van der Waals surface area contributed by atoms with Crippen LogP contribution in [0, 0.1) is 0 Å². The predicted octanol–water partition coefficient (Wildman–Crippen LogP) is 2.25. The Morgan fingerprint density at radius 1 is 1.10 bits per heavy atom. The quantitative estimate of drug-likeness (QED) is 0.889. The van der Waals surface area contributed by atoms with Gasteiger partial charge in [0.15, 0.2) is 0 Å². The van der Waals surface area contributed by atoms with E-state index in [9.17, 15) is 19.8 Å². The van der Waals surface area contributed by atoms with Crippen molar-refractivity contribution >= 4 is 17.6 Å². The zero-order valence-electron chi connectivity index (χ0n) is 11.8. The van der Waals surface area contributed by atoms with Crippen LogP contribution in [0.15, 0.2) is 24.3 Å². The smallest absolute Gasteiger partial charge is 0.326 e. The zero-order chi connectivity index (χ0) is 15.0. The summed E-state index contributed by atoms with van der Waals surface area (Å²) in [5, 5.41) is 18.7. The van der Waals surface area contributed by atoms with Crippen molar-refractivity contribution in [2.45, 2.75) is 43.6 Å². The van der Waals surface area contributed by atoms with Crippen molar-refractivity contribution in [2.75, 3.05) is 11.4 Å². The summed E-state index contributed by atoms with van der Waals surface area (Å²) < 4.78 is 0. The molecule has 1 aliphatic carbocycles. The lowest BCUT2D eigenvalue weighted by Gasteiger charge is -2.38. The van der Waals surface area contributed by atoms with Crippen molar-refractivity contribution in [3.8, 4) is 0 Å². The van der Waals surface area contributed by atoms with Gasteiger partial charge in [-0.3, -0.25) is 4.79 Å². The van der Waals surface area contributed by atoms with Gasteiger partial charge in [0.2, 0.25) is 0 Å². The van der Waals surface area contributed by atoms with Gasteiger partial charge in [0.05, 0.1) is 5.41 Å². The lowest BCUT2D eigenvalue weighted by molar-refractivity contribution is -0.147. The number of nitrogens with zero attached hydrogens (tertiary/aromatic N) is 1. The van der Waals surface area contributed by atoms with Crippen LogP contribution in [-0.4, -0.2) is 34.7 Å². The summed E-state index contributed by atoms with van der Waals surface area (Å²) >= 11 is 0. The molecule has 1 aromatic carbocycles. The molecule has 2 N–H and O–H groups in total. The number of carboxylic acid groups (broad SMARTS) is 2. The Morgan fingerprint density at radius 3 is 2.24 bits per heavy atom. The first-order valence-corrected chi connectivity index (χ1v) is 7.38. The molecule has 0 radical (unpaired) electrons. The Kier molecular flexibility index (Phi) is 3.35. The van der Waals surface area contributed by atoms with Gasteiger partial charge in [0.1, 0.15) is 6.04 Å². The second kappa shape index (κ2) is 5.06. The largest absolute Gasteiger partial charge is 0.481 e. The standard InChI is InChI=1S/C16H19NO4/c18-14(19)13-3-1-10-17(13)12-6-4-11(5-7-12)16(15(20)21)8-2-9-16/h4-7,13H,1-3,8-10H2,(H,18,19)(H,20,21). The number of carboxylic acids is 2. The fourth-order valence-corrected chi connectivity index (χ4v) is 3.46. The molecular formula is C16H19NO4. The van der Waals surface area contributed by atoms with E-state index < -0.39 is 23.4 Å². The third-order valence-electron chi connectivity index (χ3n) is 4.91. The first-order valence-electron chi connectivity index (χ1n) is 7.38. The van der Waals surface area contributed by atoms with Gasteiger partial charge >= 0.3 is 11.9 Å². The van der Waals surface area contributed by atoms with Gasteiger partial charge in [-0.25, -0.2) is 4.79 Å². The molecule has 0 aromatic heterocycles. The van der Waals surface area contributed by atoms with Crippen molar-refractivity contribution in [1.82, 2.24) is 0 Å². The molecule has 1 aromatic rings. The normalized spacial score (nSPS) is 23.6. The summed E-state index contributed by atoms with van der Waals surface area (Å²) in [7, 11) is 0.